The van der Waals surface area contributed by atoms with E-state index in [0.717, 1.165) is 4.88 Å². The summed E-state index contributed by atoms with van der Waals surface area (Å²) in [5.41, 5.74) is -0.199. The maximum Gasteiger partial charge on any atom is 0.280 e. The number of H-pyrrole nitrogens is 1. The third-order valence-electron chi connectivity index (χ3n) is 7.11. The number of thiophene rings is 1. The summed E-state index contributed by atoms with van der Waals surface area (Å²) in [6.07, 6.45) is -0.265. The molecule has 1 atom stereocenters. The van der Waals surface area contributed by atoms with Crippen LogP contribution < -0.4 is 21.2 Å². The fraction of sp³-hybridized carbons (Fsp3) is 0.323. The number of aromatic amines is 1. The molecule has 1 unspecified atom stereocenters. The van der Waals surface area contributed by atoms with Crippen molar-refractivity contribution in [1.29, 1.82) is 0 Å². The van der Waals surface area contributed by atoms with Gasteiger partial charge in [-0.15, -0.1) is 11.3 Å². The van der Waals surface area contributed by atoms with Gasteiger partial charge in [-0.1, -0.05) is 102 Å². The molecule has 1 amide bonds. The molecule has 8 nitrogen and oxygen atoms in total. The molecular formula is C31H35N5O3SSi. The second-order valence-corrected chi connectivity index (χ2v) is 17.6. The third kappa shape index (κ3) is 5.47. The van der Waals surface area contributed by atoms with E-state index in [4.69, 9.17) is 4.43 Å². The van der Waals surface area contributed by atoms with Gasteiger partial charge in [-0.3, -0.25) is 19.9 Å². The minimum atomic E-state index is -2.78. The molecule has 5 rings (SSSR count). The molecule has 0 aliphatic heterocycles. The van der Waals surface area contributed by atoms with Gasteiger partial charge in [0.05, 0.1) is 6.10 Å². The molecule has 3 aromatic heterocycles. The van der Waals surface area contributed by atoms with E-state index >= 15 is 0 Å². The number of anilines is 1. The predicted molar refractivity (Wildman–Crippen MR) is 169 cm³/mol. The molecule has 0 aliphatic carbocycles. The Balaban J connectivity index is 1.57. The summed E-state index contributed by atoms with van der Waals surface area (Å²) in [7, 11) is -2.78. The molecule has 0 radical (unpaired) electrons. The highest BCUT2D eigenvalue weighted by atomic mass is 32.1. The molecule has 0 aliphatic rings. The smallest absolute Gasteiger partial charge is 0.280 e. The van der Waals surface area contributed by atoms with E-state index in [9.17, 15) is 9.59 Å². The SMILES string of the molecule is CC(O[Si](c1ccccc1)(c1ccccc1)C(C)(C)C)c1cc2nc3c(=O)[nH]c(NC(=O)C(C)(C)C)nc3nc2s1. The average Bonchev–Trinajstić information content (AvgIpc) is 3.33. The first-order valence-electron chi connectivity index (χ1n) is 13.6. The van der Waals surface area contributed by atoms with E-state index in [2.05, 4.69) is 101 Å². The van der Waals surface area contributed by atoms with Crippen LogP contribution in [0.4, 0.5) is 5.95 Å². The molecule has 0 saturated carbocycles. The van der Waals surface area contributed by atoms with Crippen molar-refractivity contribution in [2.45, 2.75) is 59.6 Å². The van der Waals surface area contributed by atoms with Gasteiger partial charge in [0.1, 0.15) is 10.3 Å². The Morgan fingerprint density at radius 1 is 0.927 bits per heavy atom. The first kappa shape index (κ1) is 28.8. The van der Waals surface area contributed by atoms with Crippen LogP contribution in [-0.4, -0.2) is 34.2 Å². The summed E-state index contributed by atoms with van der Waals surface area (Å²) in [6, 6.07) is 23.0. The minimum absolute atomic E-state index is 0.0521. The maximum absolute atomic E-state index is 12.9. The number of nitrogens with one attached hydrogen (secondary N) is 2. The lowest BCUT2D eigenvalue weighted by Crippen LogP contribution is -2.66. The molecule has 2 aromatic carbocycles. The lowest BCUT2D eigenvalue weighted by molar-refractivity contribution is -0.123. The number of carbonyl (C=O) groups excluding carboxylic acids is 1. The second kappa shape index (κ2) is 10.6. The minimum Gasteiger partial charge on any atom is -0.400 e. The van der Waals surface area contributed by atoms with Gasteiger partial charge in [-0.25, -0.2) is 9.97 Å². The molecular weight excluding hydrogens is 551 g/mol. The van der Waals surface area contributed by atoms with Crippen molar-refractivity contribution in [2.24, 2.45) is 5.41 Å². The average molecular weight is 586 g/mol. The zero-order valence-corrected chi connectivity index (χ0v) is 26.2. The molecule has 41 heavy (non-hydrogen) atoms. The van der Waals surface area contributed by atoms with E-state index in [1.807, 2.05) is 18.2 Å². The number of rotatable bonds is 6. The Labute approximate surface area is 244 Å². The van der Waals surface area contributed by atoms with Gasteiger partial charge in [0, 0.05) is 10.3 Å². The number of carbonyl (C=O) groups is 1. The number of benzene rings is 2. The van der Waals surface area contributed by atoms with Crippen molar-refractivity contribution >= 4 is 63.4 Å². The van der Waals surface area contributed by atoms with Gasteiger partial charge in [0.25, 0.3) is 13.9 Å². The van der Waals surface area contributed by atoms with Gasteiger partial charge < -0.3 is 4.43 Å². The number of amides is 1. The molecule has 5 aromatic rings. The fourth-order valence-electron chi connectivity index (χ4n) is 4.97. The van der Waals surface area contributed by atoms with Crippen molar-refractivity contribution in [2.75, 3.05) is 5.32 Å². The molecule has 212 valence electrons. The zero-order chi connectivity index (χ0) is 29.6. The largest absolute Gasteiger partial charge is 0.400 e. The number of hydrogen-bond donors (Lipinski definition) is 2. The van der Waals surface area contributed by atoms with Crippen molar-refractivity contribution in [3.05, 3.63) is 82.0 Å². The molecule has 0 spiro atoms. The summed E-state index contributed by atoms with van der Waals surface area (Å²) >= 11 is 1.48. The number of aromatic nitrogens is 4. The maximum atomic E-state index is 12.9. The molecule has 0 fully saturated rings. The van der Waals surface area contributed by atoms with E-state index in [1.165, 1.54) is 21.7 Å². The highest BCUT2D eigenvalue weighted by molar-refractivity contribution is 7.18. The Bertz CT molecular complexity index is 1730. The summed E-state index contributed by atoms with van der Waals surface area (Å²) in [5, 5.41) is 4.91. The number of fused-ring (bicyclic) bond motifs is 2. The number of nitrogens with zero attached hydrogens (tertiary/aromatic N) is 3. The Hall–Kier alpha value is -3.73. The van der Waals surface area contributed by atoms with Gasteiger partial charge in [0.15, 0.2) is 11.2 Å². The van der Waals surface area contributed by atoms with Crippen molar-refractivity contribution < 1.29 is 9.22 Å². The summed E-state index contributed by atoms with van der Waals surface area (Å²) in [4.78, 5) is 43.2. The van der Waals surface area contributed by atoms with Gasteiger partial charge >= 0.3 is 0 Å². The van der Waals surface area contributed by atoms with Crippen molar-refractivity contribution in [3.63, 3.8) is 0 Å². The highest BCUT2D eigenvalue weighted by Crippen LogP contribution is 2.41. The van der Waals surface area contributed by atoms with Crippen LogP contribution >= 0.6 is 11.3 Å². The van der Waals surface area contributed by atoms with Crippen LogP contribution in [0.15, 0.2) is 71.5 Å². The Morgan fingerprint density at radius 3 is 2.05 bits per heavy atom. The highest BCUT2D eigenvalue weighted by Gasteiger charge is 2.51. The monoisotopic (exact) mass is 585 g/mol. The first-order chi connectivity index (χ1) is 19.3. The molecule has 10 heteroatoms. The standard InChI is InChI=1S/C31H35N5O3SSi/c1-19(39-41(31(5,6)7,20-14-10-8-11-15-20)21-16-12-9-13-17-21)23-18-22-27(40-23)33-25-24(32-22)26(37)35-29(34-25)36-28(38)30(2,3)4/h8-19H,1-7H3,(H2,33,34,35,36,37,38). The van der Waals surface area contributed by atoms with E-state index in [0.29, 0.717) is 10.3 Å². The molecule has 3 heterocycles. The second-order valence-electron chi connectivity index (χ2n) is 12.3. The van der Waals surface area contributed by atoms with Gasteiger partial charge in [-0.05, 0) is 28.4 Å². The van der Waals surface area contributed by atoms with Crippen LogP contribution in [0.1, 0.15) is 59.4 Å². The van der Waals surface area contributed by atoms with E-state index in [-0.39, 0.29) is 34.2 Å². The lowest BCUT2D eigenvalue weighted by atomic mass is 9.96. The van der Waals surface area contributed by atoms with Gasteiger partial charge in [0.2, 0.25) is 11.9 Å². The predicted octanol–water partition coefficient (Wildman–Crippen LogP) is 5.55. The van der Waals surface area contributed by atoms with Gasteiger partial charge in [-0.2, -0.15) is 4.98 Å². The quantitative estimate of drug-likeness (QED) is 0.253. The summed E-state index contributed by atoms with van der Waals surface area (Å²) in [5.74, 6) is -0.210. The van der Waals surface area contributed by atoms with Crippen LogP contribution in [0, 0.1) is 5.41 Å². The van der Waals surface area contributed by atoms with Crippen molar-refractivity contribution in [1.82, 2.24) is 19.9 Å². The summed E-state index contributed by atoms with van der Waals surface area (Å²) in [6.45, 7) is 14.2. The topological polar surface area (TPSA) is 110 Å². The van der Waals surface area contributed by atoms with E-state index < -0.39 is 19.3 Å². The normalized spacial score (nSPS) is 13.4. The number of hydrogen-bond acceptors (Lipinski definition) is 7. The third-order valence-corrected chi connectivity index (χ3v) is 13.4. The van der Waals surface area contributed by atoms with Crippen LogP contribution in [0.3, 0.4) is 0 Å². The molecule has 0 bridgehead atoms. The Kier molecular flexibility index (Phi) is 7.43. The molecule has 2 N–H and O–H groups in total. The van der Waals surface area contributed by atoms with Crippen LogP contribution in [0.25, 0.3) is 21.5 Å². The zero-order valence-electron chi connectivity index (χ0n) is 24.4. The van der Waals surface area contributed by atoms with Crippen molar-refractivity contribution in [3.8, 4) is 0 Å². The van der Waals surface area contributed by atoms with Crippen LogP contribution in [0.2, 0.25) is 5.04 Å². The van der Waals surface area contributed by atoms with Crippen LogP contribution in [0.5, 0.6) is 0 Å². The van der Waals surface area contributed by atoms with E-state index in [1.54, 1.807) is 20.8 Å². The molecule has 0 saturated heterocycles. The Morgan fingerprint density at radius 2 is 1.51 bits per heavy atom. The first-order valence-corrected chi connectivity index (χ1v) is 16.3. The van der Waals surface area contributed by atoms with Crippen LogP contribution in [-0.2, 0) is 9.22 Å². The fourth-order valence-corrected chi connectivity index (χ4v) is 10.7. The lowest BCUT2D eigenvalue weighted by Gasteiger charge is -2.44. The summed E-state index contributed by atoms with van der Waals surface area (Å²) < 4.78 is 7.27.